The summed E-state index contributed by atoms with van der Waals surface area (Å²) in [6.45, 7) is 7.14. The molecule has 2 aromatic rings. The first-order chi connectivity index (χ1) is 15.4. The Morgan fingerprint density at radius 3 is 2.94 bits per heavy atom. The Labute approximate surface area is 205 Å². The van der Waals surface area contributed by atoms with Crippen LogP contribution in [-0.4, -0.2) is 66.5 Å². The van der Waals surface area contributed by atoms with E-state index in [4.69, 9.17) is 32.7 Å². The van der Waals surface area contributed by atoms with E-state index in [-0.39, 0.29) is 23.7 Å². The lowest BCUT2D eigenvalue weighted by Crippen LogP contribution is -2.47. The van der Waals surface area contributed by atoms with Gasteiger partial charge in [-0.15, -0.1) is 11.3 Å². The highest BCUT2D eigenvalue weighted by Crippen LogP contribution is 2.28. The zero-order valence-electron chi connectivity index (χ0n) is 17.9. The Hall–Kier alpha value is -1.36. The van der Waals surface area contributed by atoms with Crippen molar-refractivity contribution in [2.24, 2.45) is 0 Å². The molecule has 7 nitrogen and oxygen atoms in total. The zero-order chi connectivity index (χ0) is 23.1. The van der Waals surface area contributed by atoms with Crippen LogP contribution >= 0.6 is 46.3 Å². The third-order valence-electron chi connectivity index (χ3n) is 4.70. The highest BCUT2D eigenvalue weighted by atomic mass is 35.5. The normalized spacial score (nSPS) is 16.7. The van der Waals surface area contributed by atoms with E-state index in [1.807, 2.05) is 12.1 Å². The Bertz CT molecular complexity index is 957. The molecule has 1 unspecified atom stereocenters. The Morgan fingerprint density at radius 2 is 2.19 bits per heavy atom. The number of aryl methyl sites for hydroxylation is 1. The molecular weight excluding hydrogens is 493 g/mol. The SMILES string of the molecule is CCOC(=O)c1sc(SCC(=O)NCC2CN(Cc3ccc(Cl)c(Cl)c3)CCO2)nc1C. The van der Waals surface area contributed by atoms with Crippen molar-refractivity contribution in [3.05, 3.63) is 44.4 Å². The number of morpholine rings is 1. The van der Waals surface area contributed by atoms with E-state index in [1.165, 1.54) is 23.1 Å². The van der Waals surface area contributed by atoms with Crippen molar-refractivity contribution in [3.63, 3.8) is 0 Å². The fourth-order valence-electron chi connectivity index (χ4n) is 3.17. The van der Waals surface area contributed by atoms with Crippen LogP contribution in [0.15, 0.2) is 22.5 Å². The number of esters is 1. The molecule has 1 aliphatic rings. The Kier molecular flexibility index (Phi) is 9.63. The standard InChI is InChI=1S/C21H25Cl2N3O4S2/c1-3-29-20(28)19-13(2)25-21(32-19)31-12-18(27)24-9-15-11-26(6-7-30-15)10-14-4-5-16(22)17(23)8-14/h4-5,8,15H,3,6-7,9-12H2,1-2H3,(H,24,27). The molecule has 1 N–H and O–H groups in total. The summed E-state index contributed by atoms with van der Waals surface area (Å²) in [6, 6.07) is 5.64. The average molecular weight is 518 g/mol. The number of amides is 1. The average Bonchev–Trinajstić information content (AvgIpc) is 3.14. The van der Waals surface area contributed by atoms with Crippen molar-refractivity contribution in [2.45, 2.75) is 30.8 Å². The van der Waals surface area contributed by atoms with Crippen LogP contribution in [0.3, 0.4) is 0 Å². The van der Waals surface area contributed by atoms with Gasteiger partial charge in [0, 0.05) is 26.2 Å². The van der Waals surface area contributed by atoms with Crippen LogP contribution < -0.4 is 5.32 Å². The number of hydrogen-bond donors (Lipinski definition) is 1. The number of rotatable bonds is 9. The fourth-order valence-corrected chi connectivity index (χ4v) is 5.40. The maximum absolute atomic E-state index is 12.3. The molecule has 0 radical (unpaired) electrons. The number of nitrogens with one attached hydrogen (secondary N) is 1. The molecule has 1 aromatic carbocycles. The first-order valence-electron chi connectivity index (χ1n) is 10.2. The summed E-state index contributed by atoms with van der Waals surface area (Å²) in [4.78, 5) is 31.3. The van der Waals surface area contributed by atoms with Crippen molar-refractivity contribution in [2.75, 3.05) is 38.6 Å². The number of carbonyl (C=O) groups excluding carboxylic acids is 2. The van der Waals surface area contributed by atoms with Gasteiger partial charge in [0.05, 0.1) is 40.8 Å². The quantitative estimate of drug-likeness (QED) is 0.396. The minimum atomic E-state index is -0.376. The highest BCUT2D eigenvalue weighted by Gasteiger charge is 2.22. The van der Waals surface area contributed by atoms with Crippen molar-refractivity contribution in [1.29, 1.82) is 0 Å². The predicted octanol–water partition coefficient (Wildman–Crippen LogP) is 4.04. The molecule has 1 fully saturated rings. The van der Waals surface area contributed by atoms with Gasteiger partial charge in [-0.1, -0.05) is 41.0 Å². The monoisotopic (exact) mass is 517 g/mol. The molecular formula is C21H25Cl2N3O4S2. The zero-order valence-corrected chi connectivity index (χ0v) is 21.0. The van der Waals surface area contributed by atoms with E-state index in [0.29, 0.717) is 51.3 Å². The van der Waals surface area contributed by atoms with Gasteiger partial charge < -0.3 is 14.8 Å². The molecule has 0 spiro atoms. The second kappa shape index (κ2) is 12.2. The van der Waals surface area contributed by atoms with Crippen molar-refractivity contribution < 1.29 is 19.1 Å². The van der Waals surface area contributed by atoms with Crippen LogP contribution in [0.25, 0.3) is 0 Å². The molecule has 1 aromatic heterocycles. The second-order valence-electron chi connectivity index (χ2n) is 7.18. The van der Waals surface area contributed by atoms with Crippen LogP contribution in [0.1, 0.15) is 27.9 Å². The topological polar surface area (TPSA) is 80.8 Å². The number of halogens is 2. The van der Waals surface area contributed by atoms with Gasteiger partial charge in [0.25, 0.3) is 0 Å². The molecule has 1 aliphatic heterocycles. The van der Waals surface area contributed by atoms with Crippen LogP contribution in [0.5, 0.6) is 0 Å². The van der Waals surface area contributed by atoms with E-state index in [9.17, 15) is 9.59 Å². The molecule has 1 atom stereocenters. The Balaban J connectivity index is 1.42. The molecule has 0 aliphatic carbocycles. The fraction of sp³-hybridized carbons (Fsp3) is 0.476. The largest absolute Gasteiger partial charge is 0.462 e. The van der Waals surface area contributed by atoms with Gasteiger partial charge in [0.15, 0.2) is 4.34 Å². The highest BCUT2D eigenvalue weighted by molar-refractivity contribution is 8.01. The Morgan fingerprint density at radius 1 is 1.38 bits per heavy atom. The van der Waals surface area contributed by atoms with Gasteiger partial charge in [-0.3, -0.25) is 9.69 Å². The third-order valence-corrected chi connectivity index (χ3v) is 7.72. The van der Waals surface area contributed by atoms with Crippen LogP contribution in [0.2, 0.25) is 10.0 Å². The van der Waals surface area contributed by atoms with Crippen LogP contribution in [0, 0.1) is 6.92 Å². The van der Waals surface area contributed by atoms with Gasteiger partial charge >= 0.3 is 5.97 Å². The van der Waals surface area contributed by atoms with E-state index in [1.54, 1.807) is 19.9 Å². The molecule has 0 bridgehead atoms. The summed E-state index contributed by atoms with van der Waals surface area (Å²) in [5.41, 5.74) is 1.70. The molecule has 2 heterocycles. The van der Waals surface area contributed by atoms with Gasteiger partial charge in [-0.2, -0.15) is 0 Å². The van der Waals surface area contributed by atoms with E-state index in [2.05, 4.69) is 15.2 Å². The smallest absolute Gasteiger partial charge is 0.350 e. The minimum Gasteiger partial charge on any atom is -0.462 e. The van der Waals surface area contributed by atoms with Gasteiger partial charge in [0.2, 0.25) is 5.91 Å². The molecule has 0 saturated carbocycles. The lowest BCUT2D eigenvalue weighted by Gasteiger charge is -2.33. The number of aromatic nitrogens is 1. The molecule has 32 heavy (non-hydrogen) atoms. The lowest BCUT2D eigenvalue weighted by atomic mass is 10.2. The maximum atomic E-state index is 12.3. The van der Waals surface area contributed by atoms with Crippen LogP contribution in [-0.2, 0) is 20.8 Å². The molecule has 1 amide bonds. The van der Waals surface area contributed by atoms with E-state index >= 15 is 0 Å². The number of hydrogen-bond acceptors (Lipinski definition) is 8. The summed E-state index contributed by atoms with van der Waals surface area (Å²) in [7, 11) is 0. The second-order valence-corrected chi connectivity index (χ2v) is 10.2. The summed E-state index contributed by atoms with van der Waals surface area (Å²) in [6.07, 6.45) is -0.0852. The number of thiazole rings is 1. The van der Waals surface area contributed by atoms with E-state index in [0.717, 1.165) is 18.7 Å². The molecule has 3 rings (SSSR count). The summed E-state index contributed by atoms with van der Waals surface area (Å²) in [5.74, 6) is -0.265. The maximum Gasteiger partial charge on any atom is 0.350 e. The summed E-state index contributed by atoms with van der Waals surface area (Å²) >= 11 is 14.6. The van der Waals surface area contributed by atoms with Crippen LogP contribution in [0.4, 0.5) is 0 Å². The summed E-state index contributed by atoms with van der Waals surface area (Å²) in [5, 5.41) is 4.01. The molecule has 11 heteroatoms. The van der Waals surface area contributed by atoms with Gasteiger partial charge in [-0.05, 0) is 31.5 Å². The number of ether oxygens (including phenoxy) is 2. The predicted molar refractivity (Wildman–Crippen MR) is 128 cm³/mol. The minimum absolute atomic E-state index is 0.0852. The number of thioether (sulfide) groups is 1. The first-order valence-corrected chi connectivity index (χ1v) is 12.7. The number of nitrogens with zero attached hydrogens (tertiary/aromatic N) is 2. The third kappa shape index (κ3) is 7.33. The molecule has 1 saturated heterocycles. The van der Waals surface area contributed by atoms with E-state index < -0.39 is 0 Å². The lowest BCUT2D eigenvalue weighted by molar-refractivity contribution is -0.119. The summed E-state index contributed by atoms with van der Waals surface area (Å²) < 4.78 is 11.5. The van der Waals surface area contributed by atoms with Crippen molar-refractivity contribution in [1.82, 2.24) is 15.2 Å². The number of benzene rings is 1. The van der Waals surface area contributed by atoms with Gasteiger partial charge in [0.1, 0.15) is 4.88 Å². The van der Waals surface area contributed by atoms with Crippen molar-refractivity contribution in [3.8, 4) is 0 Å². The molecule has 174 valence electrons. The number of carbonyl (C=O) groups is 2. The van der Waals surface area contributed by atoms with Gasteiger partial charge in [-0.25, -0.2) is 9.78 Å². The first kappa shape index (κ1) is 25.3. The van der Waals surface area contributed by atoms with Crippen molar-refractivity contribution >= 4 is 58.2 Å².